The zero-order valence-electron chi connectivity index (χ0n) is 14.8. The summed E-state index contributed by atoms with van der Waals surface area (Å²) in [5.74, 6) is 3.34. The lowest BCUT2D eigenvalue weighted by Crippen LogP contribution is -2.34. The molecule has 0 N–H and O–H groups in total. The van der Waals surface area contributed by atoms with E-state index in [1.165, 1.54) is 24.0 Å². The Kier molecular flexibility index (Phi) is 3.81. The molecule has 1 fully saturated rings. The van der Waals surface area contributed by atoms with Gasteiger partial charge in [0.2, 0.25) is 17.7 Å². The molecule has 0 bridgehead atoms. The van der Waals surface area contributed by atoms with Crippen LogP contribution in [0.4, 0.5) is 0 Å². The van der Waals surface area contributed by atoms with Crippen LogP contribution in [0.15, 0.2) is 33.2 Å². The molecule has 3 aromatic rings. The highest BCUT2D eigenvalue weighted by atomic mass is 16.5. The standard InChI is InChI=1S/C19H21N5O2/c1-2-16-21-22-19(25-16)15-9-13-5-3-4-6-14(13)10-24(15)11-17-20-18(23-26-17)12-7-8-12/h3-6,12,15H,2,7-11H2,1H3/t15-/m0/s1. The first-order chi connectivity index (χ1) is 12.8. The minimum absolute atomic E-state index is 0.0222. The second-order valence-corrected chi connectivity index (χ2v) is 7.10. The van der Waals surface area contributed by atoms with Crippen LogP contribution in [0.2, 0.25) is 0 Å². The zero-order valence-corrected chi connectivity index (χ0v) is 14.8. The van der Waals surface area contributed by atoms with Crippen LogP contribution in [0.3, 0.4) is 0 Å². The Bertz CT molecular complexity index is 914. The van der Waals surface area contributed by atoms with Crippen LogP contribution >= 0.6 is 0 Å². The number of fused-ring (bicyclic) bond motifs is 1. The maximum absolute atomic E-state index is 5.88. The molecule has 7 nitrogen and oxygen atoms in total. The average molecular weight is 351 g/mol. The van der Waals surface area contributed by atoms with Crippen molar-refractivity contribution in [1.29, 1.82) is 0 Å². The third kappa shape index (κ3) is 2.92. The van der Waals surface area contributed by atoms with Crippen LogP contribution in [0, 0.1) is 0 Å². The van der Waals surface area contributed by atoms with Crippen LogP contribution in [-0.4, -0.2) is 25.2 Å². The largest absolute Gasteiger partial charge is 0.424 e. The fourth-order valence-electron chi connectivity index (χ4n) is 3.54. The Balaban J connectivity index is 1.44. The van der Waals surface area contributed by atoms with E-state index in [4.69, 9.17) is 8.94 Å². The molecular formula is C19H21N5O2. The number of hydrogen-bond donors (Lipinski definition) is 0. The average Bonchev–Trinajstić information content (AvgIpc) is 3.23. The molecule has 134 valence electrons. The SMILES string of the molecule is CCc1nnc([C@@H]2Cc3ccccc3CN2Cc2nc(C3CC3)no2)o1. The van der Waals surface area contributed by atoms with Crippen molar-refractivity contribution in [1.82, 2.24) is 25.2 Å². The van der Waals surface area contributed by atoms with Gasteiger partial charge in [-0.2, -0.15) is 4.98 Å². The Hall–Kier alpha value is -2.54. The molecule has 0 unspecified atom stereocenters. The van der Waals surface area contributed by atoms with Gasteiger partial charge in [-0.25, -0.2) is 0 Å². The fourth-order valence-corrected chi connectivity index (χ4v) is 3.54. The normalized spacial score (nSPS) is 20.3. The summed E-state index contributed by atoms with van der Waals surface area (Å²) in [6, 6.07) is 8.53. The van der Waals surface area contributed by atoms with E-state index in [0.29, 0.717) is 30.1 Å². The van der Waals surface area contributed by atoms with Gasteiger partial charge in [0.1, 0.15) is 0 Å². The van der Waals surface area contributed by atoms with E-state index in [-0.39, 0.29) is 6.04 Å². The quantitative estimate of drug-likeness (QED) is 0.698. The molecule has 0 radical (unpaired) electrons. The summed E-state index contributed by atoms with van der Waals surface area (Å²) < 4.78 is 11.4. The van der Waals surface area contributed by atoms with Crippen LogP contribution in [0.25, 0.3) is 0 Å². The molecule has 1 aliphatic carbocycles. The Morgan fingerprint density at radius 1 is 1.12 bits per heavy atom. The summed E-state index contributed by atoms with van der Waals surface area (Å²) in [7, 11) is 0. The highest BCUT2D eigenvalue weighted by molar-refractivity contribution is 5.30. The van der Waals surface area contributed by atoms with Gasteiger partial charge >= 0.3 is 0 Å². The molecule has 1 aliphatic heterocycles. The molecule has 0 spiro atoms. The minimum Gasteiger partial charge on any atom is -0.424 e. The lowest BCUT2D eigenvalue weighted by Gasteiger charge is -2.33. The van der Waals surface area contributed by atoms with Gasteiger partial charge in [-0.1, -0.05) is 36.3 Å². The molecule has 5 rings (SSSR count). The monoisotopic (exact) mass is 351 g/mol. The molecule has 0 saturated heterocycles. The van der Waals surface area contributed by atoms with E-state index in [0.717, 1.165) is 25.2 Å². The van der Waals surface area contributed by atoms with Crippen LogP contribution in [0.5, 0.6) is 0 Å². The van der Waals surface area contributed by atoms with Gasteiger partial charge < -0.3 is 8.94 Å². The number of aromatic nitrogens is 4. The number of rotatable bonds is 5. The molecule has 1 atom stereocenters. The van der Waals surface area contributed by atoms with Crippen molar-refractivity contribution in [3.05, 3.63) is 58.9 Å². The van der Waals surface area contributed by atoms with E-state index in [1.807, 2.05) is 6.92 Å². The van der Waals surface area contributed by atoms with Crippen molar-refractivity contribution >= 4 is 0 Å². The lowest BCUT2D eigenvalue weighted by atomic mass is 9.94. The van der Waals surface area contributed by atoms with Gasteiger partial charge in [0.25, 0.3) is 0 Å². The van der Waals surface area contributed by atoms with E-state index < -0.39 is 0 Å². The second kappa shape index (κ2) is 6.32. The van der Waals surface area contributed by atoms with Crippen molar-refractivity contribution in [3.63, 3.8) is 0 Å². The molecular weight excluding hydrogens is 330 g/mol. The van der Waals surface area contributed by atoms with Gasteiger partial charge in [-0.05, 0) is 30.4 Å². The van der Waals surface area contributed by atoms with Crippen molar-refractivity contribution in [2.24, 2.45) is 0 Å². The maximum atomic E-state index is 5.88. The Morgan fingerprint density at radius 3 is 2.73 bits per heavy atom. The molecule has 1 aromatic carbocycles. The molecule has 2 aliphatic rings. The second-order valence-electron chi connectivity index (χ2n) is 7.10. The highest BCUT2D eigenvalue weighted by Gasteiger charge is 2.33. The lowest BCUT2D eigenvalue weighted by molar-refractivity contribution is 0.120. The Morgan fingerprint density at radius 2 is 1.96 bits per heavy atom. The highest BCUT2D eigenvalue weighted by Crippen LogP contribution is 2.38. The van der Waals surface area contributed by atoms with Crippen LogP contribution in [0.1, 0.15) is 66.3 Å². The number of benzene rings is 1. The van der Waals surface area contributed by atoms with Crippen LogP contribution in [-0.2, 0) is 25.9 Å². The first-order valence-electron chi connectivity index (χ1n) is 9.25. The van der Waals surface area contributed by atoms with Crippen molar-refractivity contribution < 1.29 is 8.94 Å². The van der Waals surface area contributed by atoms with Crippen molar-refractivity contribution in [2.75, 3.05) is 0 Å². The predicted molar refractivity (Wildman–Crippen MR) is 92.1 cm³/mol. The first-order valence-corrected chi connectivity index (χ1v) is 9.25. The van der Waals surface area contributed by atoms with E-state index in [9.17, 15) is 0 Å². The molecule has 3 heterocycles. The number of aryl methyl sites for hydroxylation is 1. The van der Waals surface area contributed by atoms with Gasteiger partial charge in [0, 0.05) is 18.9 Å². The molecule has 2 aromatic heterocycles. The number of nitrogens with zero attached hydrogens (tertiary/aromatic N) is 5. The van der Waals surface area contributed by atoms with Crippen LogP contribution < -0.4 is 0 Å². The van der Waals surface area contributed by atoms with Gasteiger partial charge in [-0.15, -0.1) is 10.2 Å². The van der Waals surface area contributed by atoms with Gasteiger partial charge in [-0.3, -0.25) is 4.90 Å². The minimum atomic E-state index is 0.0222. The topological polar surface area (TPSA) is 81.1 Å². The first kappa shape index (κ1) is 15.7. The Labute approximate surface area is 151 Å². The predicted octanol–water partition coefficient (Wildman–Crippen LogP) is 3.19. The molecule has 1 saturated carbocycles. The summed E-state index contributed by atoms with van der Waals surface area (Å²) in [5.41, 5.74) is 2.65. The third-order valence-electron chi connectivity index (χ3n) is 5.18. The summed E-state index contributed by atoms with van der Waals surface area (Å²) in [4.78, 5) is 6.88. The fraction of sp³-hybridized carbons (Fsp3) is 0.474. The summed E-state index contributed by atoms with van der Waals surface area (Å²) in [6.07, 6.45) is 3.91. The zero-order chi connectivity index (χ0) is 17.5. The molecule has 0 amide bonds. The molecule has 26 heavy (non-hydrogen) atoms. The van der Waals surface area contributed by atoms with Crippen molar-refractivity contribution in [2.45, 2.75) is 57.7 Å². The van der Waals surface area contributed by atoms with Gasteiger partial charge in [0.15, 0.2) is 5.82 Å². The number of hydrogen-bond acceptors (Lipinski definition) is 7. The van der Waals surface area contributed by atoms with E-state index in [1.54, 1.807) is 0 Å². The summed E-state index contributed by atoms with van der Waals surface area (Å²) >= 11 is 0. The maximum Gasteiger partial charge on any atom is 0.240 e. The van der Waals surface area contributed by atoms with E-state index in [2.05, 4.69) is 49.5 Å². The summed E-state index contributed by atoms with van der Waals surface area (Å²) in [5, 5.41) is 12.6. The smallest absolute Gasteiger partial charge is 0.240 e. The van der Waals surface area contributed by atoms with Crippen molar-refractivity contribution in [3.8, 4) is 0 Å². The summed E-state index contributed by atoms with van der Waals surface area (Å²) in [6.45, 7) is 3.40. The van der Waals surface area contributed by atoms with E-state index >= 15 is 0 Å². The third-order valence-corrected chi connectivity index (χ3v) is 5.18. The van der Waals surface area contributed by atoms with Gasteiger partial charge in [0.05, 0.1) is 12.6 Å². The molecule has 7 heteroatoms.